The molecule has 1 N–H and O–H groups in total. The van der Waals surface area contributed by atoms with E-state index in [1.807, 2.05) is 0 Å². The Labute approximate surface area is 128 Å². The zero-order valence-corrected chi connectivity index (χ0v) is 13.2. The number of alkyl halides is 1. The minimum absolute atomic E-state index is 0.126. The summed E-state index contributed by atoms with van der Waals surface area (Å²) in [5.74, 6) is 0.202. The largest absolute Gasteiger partial charge is 0.497 e. The molecule has 0 aromatic heterocycles. The molecule has 0 bridgehead atoms. The quantitative estimate of drug-likeness (QED) is 0.826. The highest BCUT2D eigenvalue weighted by Gasteiger charge is 2.37. The van der Waals surface area contributed by atoms with Crippen LogP contribution in [0.4, 0.5) is 0 Å². The van der Waals surface area contributed by atoms with E-state index in [4.69, 9.17) is 21.1 Å². The number of hydrogen-bond donors (Lipinski definition) is 1. The average molecular weight is 334 g/mol. The third-order valence-corrected chi connectivity index (χ3v) is 5.63. The smallest absolute Gasteiger partial charge is 0.255 e. The van der Waals surface area contributed by atoms with Gasteiger partial charge in [0.15, 0.2) is 9.84 Å². The molecule has 116 valence electrons. The van der Waals surface area contributed by atoms with Crippen molar-refractivity contribution in [3.05, 3.63) is 23.8 Å². The van der Waals surface area contributed by atoms with Crippen LogP contribution in [0.2, 0.25) is 0 Å². The number of rotatable bonds is 4. The molecular formula is C13H16ClNO5S. The van der Waals surface area contributed by atoms with E-state index in [2.05, 4.69) is 5.32 Å². The molecule has 1 saturated heterocycles. The van der Waals surface area contributed by atoms with Gasteiger partial charge in [0, 0.05) is 6.07 Å². The van der Waals surface area contributed by atoms with Gasteiger partial charge in [-0.2, -0.15) is 0 Å². The molecule has 0 spiro atoms. The summed E-state index contributed by atoms with van der Waals surface area (Å²) in [5, 5.41) is 2.02. The van der Waals surface area contributed by atoms with Crippen LogP contribution in [0.1, 0.15) is 10.4 Å². The second-order valence-electron chi connectivity index (χ2n) is 4.74. The number of hydrogen-bond acceptors (Lipinski definition) is 5. The normalized spacial score (nSPS) is 23.6. The van der Waals surface area contributed by atoms with Crippen molar-refractivity contribution in [2.75, 3.05) is 25.7 Å². The van der Waals surface area contributed by atoms with Gasteiger partial charge in [-0.25, -0.2) is 8.42 Å². The van der Waals surface area contributed by atoms with E-state index >= 15 is 0 Å². The van der Waals surface area contributed by atoms with Crippen molar-refractivity contribution < 1.29 is 22.7 Å². The Kier molecular flexibility index (Phi) is 4.63. The number of halogens is 1. The molecule has 0 aliphatic carbocycles. The van der Waals surface area contributed by atoms with Crippen LogP contribution in [0.5, 0.6) is 11.5 Å². The van der Waals surface area contributed by atoms with Crippen LogP contribution in [-0.2, 0) is 9.84 Å². The Hall–Kier alpha value is -1.47. The Morgan fingerprint density at radius 1 is 1.29 bits per heavy atom. The summed E-state index contributed by atoms with van der Waals surface area (Å²) in [5.41, 5.74) is 0.298. The highest BCUT2D eigenvalue weighted by molar-refractivity contribution is 7.91. The lowest BCUT2D eigenvalue weighted by molar-refractivity contribution is 0.0938. The molecule has 2 unspecified atom stereocenters. The topological polar surface area (TPSA) is 81.7 Å². The maximum atomic E-state index is 12.3. The monoisotopic (exact) mass is 333 g/mol. The first-order chi connectivity index (χ1) is 9.86. The van der Waals surface area contributed by atoms with Gasteiger partial charge >= 0.3 is 0 Å². The zero-order chi connectivity index (χ0) is 15.6. The minimum Gasteiger partial charge on any atom is -0.497 e. The van der Waals surface area contributed by atoms with E-state index in [9.17, 15) is 13.2 Å². The highest BCUT2D eigenvalue weighted by atomic mass is 35.5. The Bertz CT molecular complexity index is 646. The first-order valence-corrected chi connectivity index (χ1v) is 8.49. The van der Waals surface area contributed by atoms with Gasteiger partial charge in [0.2, 0.25) is 0 Å². The molecule has 1 aliphatic heterocycles. The molecule has 21 heavy (non-hydrogen) atoms. The van der Waals surface area contributed by atoms with E-state index in [0.717, 1.165) is 0 Å². The van der Waals surface area contributed by atoms with Crippen LogP contribution in [0.15, 0.2) is 18.2 Å². The molecule has 2 rings (SSSR count). The minimum atomic E-state index is -3.20. The number of sulfone groups is 1. The van der Waals surface area contributed by atoms with Crippen molar-refractivity contribution in [1.82, 2.24) is 5.32 Å². The van der Waals surface area contributed by atoms with Gasteiger partial charge in [0.05, 0.1) is 42.7 Å². The van der Waals surface area contributed by atoms with Gasteiger partial charge in [0.25, 0.3) is 5.91 Å². The fourth-order valence-electron chi connectivity index (χ4n) is 2.17. The lowest BCUT2D eigenvalue weighted by atomic mass is 10.1. The van der Waals surface area contributed by atoms with Crippen molar-refractivity contribution in [3.8, 4) is 11.5 Å². The lowest BCUT2D eigenvalue weighted by Gasteiger charge is -2.16. The van der Waals surface area contributed by atoms with Gasteiger partial charge in [-0.05, 0) is 12.1 Å². The number of benzene rings is 1. The predicted octanol–water partition coefficient (Wildman–Crippen LogP) is 0.838. The summed E-state index contributed by atoms with van der Waals surface area (Å²) in [4.78, 5) is 12.3. The van der Waals surface area contributed by atoms with Crippen LogP contribution < -0.4 is 14.8 Å². The third kappa shape index (κ3) is 3.59. The molecule has 2 atom stereocenters. The van der Waals surface area contributed by atoms with Crippen molar-refractivity contribution in [2.45, 2.75) is 11.4 Å². The number of nitrogens with one attached hydrogen (secondary N) is 1. The molecule has 6 nitrogen and oxygen atoms in total. The van der Waals surface area contributed by atoms with Crippen LogP contribution in [0, 0.1) is 0 Å². The van der Waals surface area contributed by atoms with Gasteiger partial charge in [-0.3, -0.25) is 4.79 Å². The van der Waals surface area contributed by atoms with Gasteiger partial charge in [0.1, 0.15) is 11.5 Å². The first-order valence-electron chi connectivity index (χ1n) is 6.23. The molecule has 8 heteroatoms. The fourth-order valence-corrected chi connectivity index (χ4v) is 4.72. The molecule has 1 aromatic carbocycles. The van der Waals surface area contributed by atoms with E-state index in [1.54, 1.807) is 18.2 Å². The van der Waals surface area contributed by atoms with Gasteiger partial charge in [-0.15, -0.1) is 11.6 Å². The molecule has 0 radical (unpaired) electrons. The maximum Gasteiger partial charge on any atom is 0.255 e. The van der Waals surface area contributed by atoms with Crippen LogP contribution in [0.3, 0.4) is 0 Å². The van der Waals surface area contributed by atoms with E-state index in [0.29, 0.717) is 17.1 Å². The Morgan fingerprint density at radius 2 is 2.00 bits per heavy atom. The fraction of sp³-hybridized carbons (Fsp3) is 0.462. The summed E-state index contributed by atoms with van der Waals surface area (Å²) < 4.78 is 33.2. The van der Waals surface area contributed by atoms with Crippen molar-refractivity contribution in [2.24, 2.45) is 0 Å². The highest BCUT2D eigenvalue weighted by Crippen LogP contribution is 2.25. The van der Waals surface area contributed by atoms with Gasteiger partial charge in [-0.1, -0.05) is 0 Å². The van der Waals surface area contributed by atoms with Crippen LogP contribution in [-0.4, -0.2) is 51.5 Å². The Balaban J connectivity index is 2.17. The first kappa shape index (κ1) is 15.9. The molecule has 1 aliphatic rings. The molecule has 1 amide bonds. The molecule has 1 heterocycles. The number of methoxy groups -OCH3 is 2. The summed E-state index contributed by atoms with van der Waals surface area (Å²) in [7, 11) is -0.246. The summed E-state index contributed by atoms with van der Waals surface area (Å²) in [6.45, 7) is 0. The summed E-state index contributed by atoms with van der Waals surface area (Å²) in [6.07, 6.45) is 0. The number of carbonyl (C=O) groups is 1. The number of ether oxygens (including phenoxy) is 2. The average Bonchev–Trinajstić information content (AvgIpc) is 2.70. The van der Waals surface area contributed by atoms with Crippen molar-refractivity contribution in [3.63, 3.8) is 0 Å². The zero-order valence-electron chi connectivity index (χ0n) is 11.6. The van der Waals surface area contributed by atoms with Crippen molar-refractivity contribution >= 4 is 27.3 Å². The second-order valence-corrected chi connectivity index (χ2v) is 7.45. The van der Waals surface area contributed by atoms with Crippen LogP contribution >= 0.6 is 11.6 Å². The van der Waals surface area contributed by atoms with Crippen LogP contribution in [0.25, 0.3) is 0 Å². The molecular weight excluding hydrogens is 318 g/mol. The molecule has 0 saturated carbocycles. The third-order valence-electron chi connectivity index (χ3n) is 3.25. The lowest BCUT2D eigenvalue weighted by Crippen LogP contribution is -2.40. The number of amides is 1. The molecule has 1 fully saturated rings. The Morgan fingerprint density at radius 3 is 2.52 bits per heavy atom. The second kappa shape index (κ2) is 6.11. The van der Waals surface area contributed by atoms with E-state index in [1.165, 1.54) is 14.2 Å². The van der Waals surface area contributed by atoms with E-state index < -0.39 is 27.2 Å². The molecule has 1 aromatic rings. The summed E-state index contributed by atoms with van der Waals surface area (Å²) in [6, 6.07) is 4.16. The van der Waals surface area contributed by atoms with Crippen molar-refractivity contribution in [1.29, 1.82) is 0 Å². The maximum absolute atomic E-state index is 12.3. The summed E-state index contributed by atoms with van der Waals surface area (Å²) >= 11 is 5.97. The van der Waals surface area contributed by atoms with E-state index in [-0.39, 0.29) is 11.5 Å². The standard InChI is InChI=1S/C13H16ClNO5S/c1-19-8-3-4-9(12(5-8)20-2)13(16)15-11-7-21(17,18)6-10(11)14/h3-5,10-11H,6-7H2,1-2H3,(H,15,16). The number of carbonyl (C=O) groups excluding carboxylic acids is 1. The predicted molar refractivity (Wildman–Crippen MR) is 79.1 cm³/mol. The SMILES string of the molecule is COc1ccc(C(=O)NC2CS(=O)(=O)CC2Cl)c(OC)c1. The van der Waals surface area contributed by atoms with Gasteiger partial charge < -0.3 is 14.8 Å².